The number of hydrogen-bond donors (Lipinski definition) is 4. The Morgan fingerprint density at radius 2 is 2.30 bits per heavy atom. The Hall–Kier alpha value is -3.53. The van der Waals surface area contributed by atoms with E-state index in [1.165, 1.54) is 0 Å². The summed E-state index contributed by atoms with van der Waals surface area (Å²) >= 11 is 0. The number of ether oxygens (including phenoxy) is 1. The number of nitrogens with one attached hydrogen (secondary N) is 4. The molecule has 3 aromatic rings. The number of rotatable bonds is 5. The minimum atomic E-state index is -0.577. The van der Waals surface area contributed by atoms with E-state index in [0.717, 1.165) is 5.76 Å². The molecule has 10 heteroatoms. The van der Waals surface area contributed by atoms with Gasteiger partial charge in [0.05, 0.1) is 11.8 Å². The molecule has 1 unspecified atom stereocenters. The van der Waals surface area contributed by atoms with Crippen LogP contribution >= 0.6 is 0 Å². The first-order valence-corrected chi connectivity index (χ1v) is 8.39. The third-order valence-corrected chi connectivity index (χ3v) is 3.72. The fourth-order valence-corrected chi connectivity index (χ4v) is 2.56. The highest BCUT2D eigenvalue weighted by Crippen LogP contribution is 2.16. The molecule has 0 fully saturated rings. The summed E-state index contributed by atoms with van der Waals surface area (Å²) in [6.07, 6.45) is 1.02. The zero-order valence-electron chi connectivity index (χ0n) is 14.5. The molecule has 0 bridgehead atoms. The van der Waals surface area contributed by atoms with Gasteiger partial charge in [0.2, 0.25) is 18.3 Å². The maximum absolute atomic E-state index is 11.3. The second-order valence-corrected chi connectivity index (χ2v) is 5.65. The molecule has 27 heavy (non-hydrogen) atoms. The number of fused-ring (bicyclic) bond motifs is 1. The normalized spacial score (nSPS) is 18.2. The van der Waals surface area contributed by atoms with E-state index in [2.05, 4.69) is 30.9 Å². The summed E-state index contributed by atoms with van der Waals surface area (Å²) in [6, 6.07) is 8.89. The molecule has 4 rings (SSSR count). The minimum Gasteiger partial charge on any atom is -0.467 e. The van der Waals surface area contributed by atoms with Crippen LogP contribution in [-0.2, 0) is 11.3 Å². The lowest BCUT2D eigenvalue weighted by atomic mass is 10.3. The van der Waals surface area contributed by atoms with Gasteiger partial charge >= 0.3 is 5.76 Å². The maximum atomic E-state index is 11.3. The predicted molar refractivity (Wildman–Crippen MR) is 99.4 cm³/mol. The van der Waals surface area contributed by atoms with E-state index < -0.39 is 12.1 Å². The smallest absolute Gasteiger partial charge is 0.417 e. The largest absolute Gasteiger partial charge is 0.467 e. The average molecular weight is 370 g/mol. The zero-order valence-corrected chi connectivity index (χ0v) is 14.5. The molecule has 1 aliphatic rings. The number of hydrogen-bond acceptors (Lipinski definition) is 7. The van der Waals surface area contributed by atoms with Crippen LogP contribution < -0.4 is 21.7 Å². The van der Waals surface area contributed by atoms with Gasteiger partial charge in [0.25, 0.3) is 0 Å². The lowest BCUT2D eigenvalue weighted by Gasteiger charge is -2.25. The lowest BCUT2D eigenvalue weighted by Crippen LogP contribution is -2.53. The fourth-order valence-electron chi connectivity index (χ4n) is 2.56. The molecule has 1 aliphatic heterocycles. The topological polar surface area (TPSA) is 129 Å². The lowest BCUT2D eigenvalue weighted by molar-refractivity contribution is 0.0567. The van der Waals surface area contributed by atoms with Crippen molar-refractivity contribution < 1.29 is 13.6 Å². The number of benzene rings is 1. The summed E-state index contributed by atoms with van der Waals surface area (Å²) in [6.45, 7) is 2.74. The van der Waals surface area contributed by atoms with E-state index in [-0.39, 0.29) is 0 Å². The van der Waals surface area contributed by atoms with Crippen LogP contribution in [0.15, 0.2) is 60.2 Å². The van der Waals surface area contributed by atoms with E-state index >= 15 is 0 Å². The average Bonchev–Trinajstić information content (AvgIpc) is 3.28. The fraction of sp³-hybridized carbons (Fsp3) is 0.235. The van der Waals surface area contributed by atoms with E-state index in [4.69, 9.17) is 13.6 Å². The molecular formula is C17H18N6O4. The van der Waals surface area contributed by atoms with Crippen LogP contribution in [0.2, 0.25) is 0 Å². The molecule has 0 saturated heterocycles. The van der Waals surface area contributed by atoms with Gasteiger partial charge in [0.1, 0.15) is 12.3 Å². The van der Waals surface area contributed by atoms with E-state index in [1.807, 2.05) is 19.1 Å². The first kappa shape index (κ1) is 16.9. The second kappa shape index (κ2) is 7.38. The highest BCUT2D eigenvalue weighted by molar-refractivity contribution is 6.07. The van der Waals surface area contributed by atoms with Gasteiger partial charge in [-0.2, -0.15) is 4.99 Å². The number of aromatic nitrogens is 1. The number of oxazole rings is 1. The van der Waals surface area contributed by atoms with Crippen LogP contribution in [0.1, 0.15) is 12.7 Å². The van der Waals surface area contributed by atoms with E-state index in [9.17, 15) is 4.79 Å². The maximum Gasteiger partial charge on any atom is 0.417 e. The summed E-state index contributed by atoms with van der Waals surface area (Å²) < 4.78 is 15.8. The molecule has 0 amide bonds. The molecule has 4 N–H and O–H groups in total. The number of nitrogens with zero attached hydrogens (tertiary/aromatic N) is 2. The number of anilines is 1. The Morgan fingerprint density at radius 3 is 3.11 bits per heavy atom. The van der Waals surface area contributed by atoms with Crippen molar-refractivity contribution in [1.29, 1.82) is 0 Å². The third kappa shape index (κ3) is 4.01. The van der Waals surface area contributed by atoms with Crippen molar-refractivity contribution in [3.05, 3.63) is 52.9 Å². The van der Waals surface area contributed by atoms with E-state index in [1.54, 1.807) is 24.5 Å². The molecule has 0 aliphatic carbocycles. The van der Waals surface area contributed by atoms with Gasteiger partial charge in [-0.1, -0.05) is 0 Å². The number of H-pyrrole nitrogens is 1. The van der Waals surface area contributed by atoms with Crippen LogP contribution in [0.3, 0.4) is 0 Å². The van der Waals surface area contributed by atoms with Gasteiger partial charge in [-0.05, 0) is 37.3 Å². The molecule has 1 atom stereocenters. The van der Waals surface area contributed by atoms with Crippen molar-refractivity contribution in [2.75, 3.05) is 11.9 Å². The molecule has 140 valence electrons. The SMILES string of the molecule is CCOC1N=C(Nc2ccc3oc(=O)[nH]c3c2)NC(=NCc2ccco2)N1. The highest BCUT2D eigenvalue weighted by atomic mass is 16.5. The second-order valence-electron chi connectivity index (χ2n) is 5.65. The van der Waals surface area contributed by atoms with Crippen molar-refractivity contribution in [2.45, 2.75) is 19.8 Å². The van der Waals surface area contributed by atoms with Gasteiger partial charge in [0, 0.05) is 12.3 Å². The predicted octanol–water partition coefficient (Wildman–Crippen LogP) is 1.55. The van der Waals surface area contributed by atoms with Crippen molar-refractivity contribution >= 4 is 28.7 Å². The van der Waals surface area contributed by atoms with Crippen molar-refractivity contribution in [3.63, 3.8) is 0 Å². The quantitative estimate of drug-likeness (QED) is 0.536. The van der Waals surface area contributed by atoms with Gasteiger partial charge in [-0.25, -0.2) is 9.79 Å². The number of guanidine groups is 2. The Bertz CT molecular complexity index is 1030. The standard InChI is InChI=1S/C17H18N6O4/c1-2-25-16-22-14(18-9-11-4-3-7-26-11)21-15(23-16)19-10-5-6-13-12(8-10)20-17(24)27-13/h3-8,16H,2,9H2,1H3,(H,20,24)(H3,18,19,21,22,23). The van der Waals surface area contributed by atoms with Crippen LogP contribution in [0.5, 0.6) is 0 Å². The van der Waals surface area contributed by atoms with Crippen molar-refractivity contribution in [2.24, 2.45) is 9.98 Å². The first-order chi connectivity index (χ1) is 13.2. The summed E-state index contributed by atoms with van der Waals surface area (Å²) in [5.41, 5.74) is 1.79. The van der Waals surface area contributed by atoms with Crippen LogP contribution in [0.4, 0.5) is 5.69 Å². The number of aromatic amines is 1. The molecule has 0 radical (unpaired) electrons. The Kier molecular flexibility index (Phi) is 4.62. The summed E-state index contributed by atoms with van der Waals surface area (Å²) in [5, 5.41) is 9.26. The highest BCUT2D eigenvalue weighted by Gasteiger charge is 2.19. The summed E-state index contributed by atoms with van der Waals surface area (Å²) in [5.74, 6) is 1.20. The van der Waals surface area contributed by atoms with Gasteiger partial charge in [0.15, 0.2) is 5.58 Å². The van der Waals surface area contributed by atoms with E-state index in [0.29, 0.717) is 41.9 Å². The Balaban J connectivity index is 1.53. The molecule has 0 saturated carbocycles. The molecule has 2 aromatic heterocycles. The zero-order chi connectivity index (χ0) is 18.6. The monoisotopic (exact) mass is 370 g/mol. The summed E-state index contributed by atoms with van der Waals surface area (Å²) in [7, 11) is 0. The molecule has 1 aromatic carbocycles. The van der Waals surface area contributed by atoms with Crippen molar-refractivity contribution in [1.82, 2.24) is 15.6 Å². The third-order valence-electron chi connectivity index (χ3n) is 3.72. The van der Waals surface area contributed by atoms with Crippen LogP contribution in [0, 0.1) is 0 Å². The molecule has 3 heterocycles. The van der Waals surface area contributed by atoms with Gasteiger partial charge in [-0.15, -0.1) is 0 Å². The number of aliphatic imine (C=N–C) groups is 2. The molecular weight excluding hydrogens is 352 g/mol. The number of furan rings is 1. The summed E-state index contributed by atoms with van der Waals surface area (Å²) in [4.78, 5) is 22.8. The Labute approximate surface area is 153 Å². The Morgan fingerprint density at radius 1 is 1.37 bits per heavy atom. The van der Waals surface area contributed by atoms with Crippen LogP contribution in [-0.4, -0.2) is 29.9 Å². The minimum absolute atomic E-state index is 0.372. The van der Waals surface area contributed by atoms with Gasteiger partial charge < -0.3 is 24.2 Å². The molecule has 10 nitrogen and oxygen atoms in total. The molecule has 0 spiro atoms. The van der Waals surface area contributed by atoms with Gasteiger partial charge in [-0.3, -0.25) is 10.3 Å². The van der Waals surface area contributed by atoms with Crippen molar-refractivity contribution in [3.8, 4) is 0 Å². The van der Waals surface area contributed by atoms with Crippen LogP contribution in [0.25, 0.3) is 11.1 Å². The first-order valence-electron chi connectivity index (χ1n) is 8.39.